The van der Waals surface area contributed by atoms with Gasteiger partial charge in [-0.15, -0.1) is 0 Å². The molecule has 2 fully saturated rings. The number of sulfonamides is 1. The van der Waals surface area contributed by atoms with Gasteiger partial charge in [0.1, 0.15) is 10.6 Å². The monoisotopic (exact) mass is 485 g/mol. The molecule has 2 aliphatic heterocycles. The first-order valence-corrected chi connectivity index (χ1v) is 13.2. The van der Waals surface area contributed by atoms with E-state index < -0.39 is 10.0 Å². The lowest BCUT2D eigenvalue weighted by atomic mass is 10.1. The summed E-state index contributed by atoms with van der Waals surface area (Å²) in [6.07, 6.45) is 4.90. The second-order valence-electron chi connectivity index (χ2n) is 8.71. The standard InChI is InChI=1S/C25H31N3O5S/c1-33-22-12-11-21(17-23(22)34(31,32)28-15-5-6-16-28)24(29)26-18-19-7-9-20(10-8-19)25(30)27-13-3-2-4-14-27/h7-12,17H,2-6,13-16,18H2,1H3,(H,26,29). The Morgan fingerprint density at radius 3 is 2.15 bits per heavy atom. The summed E-state index contributed by atoms with van der Waals surface area (Å²) in [5, 5.41) is 2.83. The highest BCUT2D eigenvalue weighted by Gasteiger charge is 2.30. The van der Waals surface area contributed by atoms with E-state index in [9.17, 15) is 18.0 Å². The molecule has 0 spiro atoms. The molecule has 2 aliphatic rings. The summed E-state index contributed by atoms with van der Waals surface area (Å²) in [6, 6.07) is 11.7. The third-order valence-corrected chi connectivity index (χ3v) is 8.33. The minimum Gasteiger partial charge on any atom is -0.495 e. The van der Waals surface area contributed by atoms with E-state index in [-0.39, 0.29) is 34.6 Å². The van der Waals surface area contributed by atoms with Crippen LogP contribution in [-0.4, -0.2) is 62.7 Å². The number of nitrogens with one attached hydrogen (secondary N) is 1. The number of carbonyl (C=O) groups excluding carboxylic acids is 2. The van der Waals surface area contributed by atoms with Crippen LogP contribution in [0.2, 0.25) is 0 Å². The van der Waals surface area contributed by atoms with Crippen molar-refractivity contribution in [1.82, 2.24) is 14.5 Å². The Kier molecular flexibility index (Phi) is 7.53. The number of amides is 2. The van der Waals surface area contributed by atoms with Crippen molar-refractivity contribution in [3.63, 3.8) is 0 Å². The zero-order valence-corrected chi connectivity index (χ0v) is 20.3. The zero-order valence-electron chi connectivity index (χ0n) is 19.5. The fourth-order valence-corrected chi connectivity index (χ4v) is 6.11. The molecular weight excluding hydrogens is 454 g/mol. The highest BCUT2D eigenvalue weighted by molar-refractivity contribution is 7.89. The van der Waals surface area contributed by atoms with Gasteiger partial charge in [-0.1, -0.05) is 12.1 Å². The van der Waals surface area contributed by atoms with Crippen molar-refractivity contribution in [3.8, 4) is 5.75 Å². The molecule has 2 aromatic rings. The van der Waals surface area contributed by atoms with Gasteiger partial charge in [0.15, 0.2) is 0 Å². The van der Waals surface area contributed by atoms with Crippen molar-refractivity contribution >= 4 is 21.8 Å². The minimum absolute atomic E-state index is 0.00475. The van der Waals surface area contributed by atoms with Gasteiger partial charge in [0.25, 0.3) is 11.8 Å². The Morgan fingerprint density at radius 2 is 1.50 bits per heavy atom. The number of methoxy groups -OCH3 is 1. The molecule has 0 aliphatic carbocycles. The Bertz CT molecular complexity index is 1140. The van der Waals surface area contributed by atoms with Crippen molar-refractivity contribution in [2.45, 2.75) is 43.5 Å². The summed E-state index contributed by atoms with van der Waals surface area (Å²) < 4.78 is 32.8. The molecule has 2 saturated heterocycles. The van der Waals surface area contributed by atoms with Crippen LogP contribution in [-0.2, 0) is 16.6 Å². The van der Waals surface area contributed by atoms with Crippen molar-refractivity contribution in [2.24, 2.45) is 0 Å². The fourth-order valence-electron chi connectivity index (χ4n) is 4.42. The molecule has 34 heavy (non-hydrogen) atoms. The van der Waals surface area contributed by atoms with E-state index in [1.807, 2.05) is 17.0 Å². The first kappa shape index (κ1) is 24.2. The molecule has 0 radical (unpaired) electrons. The SMILES string of the molecule is COc1ccc(C(=O)NCc2ccc(C(=O)N3CCCCC3)cc2)cc1S(=O)(=O)N1CCCC1. The number of piperidine rings is 1. The summed E-state index contributed by atoms with van der Waals surface area (Å²) in [5.41, 5.74) is 1.74. The molecule has 2 aromatic carbocycles. The molecule has 0 bridgehead atoms. The molecule has 4 rings (SSSR count). The van der Waals surface area contributed by atoms with Gasteiger partial charge in [0.2, 0.25) is 10.0 Å². The minimum atomic E-state index is -3.73. The number of hydrogen-bond donors (Lipinski definition) is 1. The van der Waals surface area contributed by atoms with E-state index >= 15 is 0 Å². The number of hydrogen-bond acceptors (Lipinski definition) is 5. The van der Waals surface area contributed by atoms with E-state index in [1.54, 1.807) is 18.2 Å². The second-order valence-corrected chi connectivity index (χ2v) is 10.6. The molecule has 0 aromatic heterocycles. The van der Waals surface area contributed by atoms with Gasteiger partial charge in [0, 0.05) is 43.9 Å². The number of likely N-dealkylation sites (tertiary alicyclic amines) is 1. The van der Waals surface area contributed by atoms with Crippen molar-refractivity contribution in [3.05, 3.63) is 59.2 Å². The van der Waals surface area contributed by atoms with E-state index in [2.05, 4.69) is 5.32 Å². The lowest BCUT2D eigenvalue weighted by Crippen LogP contribution is -2.35. The Morgan fingerprint density at radius 1 is 0.882 bits per heavy atom. The maximum Gasteiger partial charge on any atom is 0.253 e. The summed E-state index contributed by atoms with van der Waals surface area (Å²) in [6.45, 7) is 2.80. The average molecular weight is 486 g/mol. The topological polar surface area (TPSA) is 96.0 Å². The first-order valence-electron chi connectivity index (χ1n) is 11.7. The highest BCUT2D eigenvalue weighted by atomic mass is 32.2. The Hall–Kier alpha value is -2.91. The maximum atomic E-state index is 13.1. The van der Waals surface area contributed by atoms with Crippen LogP contribution in [0.3, 0.4) is 0 Å². The average Bonchev–Trinajstić information content (AvgIpc) is 3.43. The van der Waals surface area contributed by atoms with Crippen molar-refractivity contribution in [1.29, 1.82) is 0 Å². The predicted molar refractivity (Wildman–Crippen MR) is 128 cm³/mol. The fraction of sp³-hybridized carbons (Fsp3) is 0.440. The van der Waals surface area contributed by atoms with Gasteiger partial charge in [0.05, 0.1) is 7.11 Å². The van der Waals surface area contributed by atoms with Crippen molar-refractivity contribution < 1.29 is 22.7 Å². The van der Waals surface area contributed by atoms with E-state index in [0.717, 1.165) is 44.3 Å². The first-order chi connectivity index (χ1) is 16.4. The number of benzene rings is 2. The van der Waals surface area contributed by atoms with Gasteiger partial charge in [-0.3, -0.25) is 9.59 Å². The molecule has 0 unspecified atom stereocenters. The predicted octanol–water partition coefficient (Wildman–Crippen LogP) is 3.04. The number of rotatable bonds is 7. The smallest absolute Gasteiger partial charge is 0.253 e. The summed E-state index contributed by atoms with van der Waals surface area (Å²) in [4.78, 5) is 27.3. The summed E-state index contributed by atoms with van der Waals surface area (Å²) in [5.74, 6) is -0.119. The van der Waals surface area contributed by atoms with Crippen molar-refractivity contribution in [2.75, 3.05) is 33.3 Å². The third kappa shape index (κ3) is 5.26. The third-order valence-electron chi connectivity index (χ3n) is 6.41. The van der Waals surface area contributed by atoms with Gasteiger partial charge < -0.3 is 15.0 Å². The van der Waals surface area contributed by atoms with Gasteiger partial charge >= 0.3 is 0 Å². The van der Waals surface area contributed by atoms with Crippen LogP contribution in [0.15, 0.2) is 47.4 Å². The molecule has 2 heterocycles. The summed E-state index contributed by atoms with van der Waals surface area (Å²) >= 11 is 0. The molecule has 9 heteroatoms. The number of ether oxygens (including phenoxy) is 1. The lowest BCUT2D eigenvalue weighted by Gasteiger charge is -2.26. The molecular formula is C25H31N3O5S. The molecule has 8 nitrogen and oxygen atoms in total. The molecule has 2 amide bonds. The van der Waals surface area contributed by atoms with Crippen LogP contribution >= 0.6 is 0 Å². The van der Waals surface area contributed by atoms with Gasteiger partial charge in [-0.25, -0.2) is 8.42 Å². The largest absolute Gasteiger partial charge is 0.495 e. The van der Waals surface area contributed by atoms with Crippen LogP contribution in [0.4, 0.5) is 0 Å². The Labute approximate surface area is 200 Å². The van der Waals surface area contributed by atoms with Crippen LogP contribution in [0.25, 0.3) is 0 Å². The van der Waals surface area contributed by atoms with Gasteiger partial charge in [-0.05, 0) is 68.0 Å². The molecule has 0 atom stereocenters. The van der Waals surface area contributed by atoms with Crippen LogP contribution in [0.5, 0.6) is 5.75 Å². The summed E-state index contributed by atoms with van der Waals surface area (Å²) in [7, 11) is -2.32. The highest BCUT2D eigenvalue weighted by Crippen LogP contribution is 2.30. The molecule has 0 saturated carbocycles. The van der Waals surface area contributed by atoms with E-state index in [4.69, 9.17) is 4.74 Å². The van der Waals surface area contributed by atoms with Crippen LogP contribution in [0.1, 0.15) is 58.4 Å². The number of carbonyl (C=O) groups is 2. The van der Waals surface area contributed by atoms with E-state index in [0.29, 0.717) is 18.7 Å². The number of nitrogens with zero attached hydrogens (tertiary/aromatic N) is 2. The van der Waals surface area contributed by atoms with Gasteiger partial charge in [-0.2, -0.15) is 4.31 Å². The van der Waals surface area contributed by atoms with E-state index in [1.165, 1.54) is 30.0 Å². The maximum absolute atomic E-state index is 13.1. The normalized spacial score (nSPS) is 16.9. The van der Waals surface area contributed by atoms with Crippen LogP contribution in [0, 0.1) is 0 Å². The van der Waals surface area contributed by atoms with Crippen LogP contribution < -0.4 is 10.1 Å². The second kappa shape index (κ2) is 10.6. The lowest BCUT2D eigenvalue weighted by molar-refractivity contribution is 0.0724. The quantitative estimate of drug-likeness (QED) is 0.650. The zero-order chi connectivity index (χ0) is 24.1. The molecule has 1 N–H and O–H groups in total. The Balaban J connectivity index is 1.42. The molecule has 182 valence electrons.